The Balaban J connectivity index is 2.22. The van der Waals surface area contributed by atoms with Crippen molar-refractivity contribution in [3.8, 4) is 0 Å². The summed E-state index contributed by atoms with van der Waals surface area (Å²) in [7, 11) is 0. The van der Waals surface area contributed by atoms with Crippen LogP contribution in [0.3, 0.4) is 0 Å². The van der Waals surface area contributed by atoms with E-state index in [1.165, 1.54) is 25.8 Å². The highest BCUT2D eigenvalue weighted by Gasteiger charge is 2.17. The van der Waals surface area contributed by atoms with Crippen LogP contribution in [0.25, 0.3) is 0 Å². The van der Waals surface area contributed by atoms with Crippen molar-refractivity contribution in [3.63, 3.8) is 0 Å². The van der Waals surface area contributed by atoms with Gasteiger partial charge >= 0.3 is 0 Å². The van der Waals surface area contributed by atoms with E-state index >= 15 is 0 Å². The van der Waals surface area contributed by atoms with Crippen LogP contribution in [0.5, 0.6) is 0 Å². The lowest BCUT2D eigenvalue weighted by Crippen LogP contribution is -2.27. The first kappa shape index (κ1) is 9.79. The van der Waals surface area contributed by atoms with Crippen molar-refractivity contribution in [2.75, 3.05) is 6.54 Å². The predicted molar refractivity (Wildman–Crippen MR) is 54.2 cm³/mol. The van der Waals surface area contributed by atoms with Crippen molar-refractivity contribution in [2.24, 2.45) is 5.92 Å². The molecule has 0 saturated carbocycles. The van der Waals surface area contributed by atoms with Crippen molar-refractivity contribution in [3.05, 3.63) is 11.6 Å². The van der Waals surface area contributed by atoms with Gasteiger partial charge in [0.15, 0.2) is 0 Å². The number of hydrogen-bond acceptors (Lipinski definition) is 1. The van der Waals surface area contributed by atoms with E-state index in [2.05, 4.69) is 32.2 Å². The summed E-state index contributed by atoms with van der Waals surface area (Å²) >= 11 is 0. The van der Waals surface area contributed by atoms with Gasteiger partial charge in [0.25, 0.3) is 0 Å². The van der Waals surface area contributed by atoms with Crippen LogP contribution in [-0.2, 0) is 0 Å². The number of nitrogens with one attached hydrogen (secondary N) is 1. The van der Waals surface area contributed by atoms with Crippen LogP contribution in [0.2, 0.25) is 0 Å². The zero-order valence-corrected chi connectivity index (χ0v) is 8.56. The van der Waals surface area contributed by atoms with Gasteiger partial charge in [-0.05, 0) is 31.7 Å². The van der Waals surface area contributed by atoms with Crippen molar-refractivity contribution in [2.45, 2.75) is 46.1 Å². The Bertz CT molecular complexity index is 158. The Morgan fingerprint density at radius 1 is 1.58 bits per heavy atom. The maximum absolute atomic E-state index is 3.56. The molecule has 0 heterocycles. The summed E-state index contributed by atoms with van der Waals surface area (Å²) < 4.78 is 0. The predicted octanol–water partition coefficient (Wildman–Crippen LogP) is 2.73. The van der Waals surface area contributed by atoms with E-state index < -0.39 is 0 Å². The SMILES string of the molecule is CCCNC1CC=C(C(C)C)C1. The molecule has 1 N–H and O–H groups in total. The van der Waals surface area contributed by atoms with Gasteiger partial charge in [-0.2, -0.15) is 0 Å². The molecule has 0 radical (unpaired) electrons. The molecule has 1 heteroatoms. The second kappa shape index (κ2) is 4.66. The molecule has 0 amide bonds. The molecule has 0 aromatic carbocycles. The first-order valence-electron chi connectivity index (χ1n) is 5.16. The fourth-order valence-corrected chi connectivity index (χ4v) is 1.72. The molecule has 0 fully saturated rings. The summed E-state index contributed by atoms with van der Waals surface area (Å²) in [6.07, 6.45) is 6.18. The Labute approximate surface area is 76.2 Å². The molecule has 70 valence electrons. The minimum absolute atomic E-state index is 0.738. The van der Waals surface area contributed by atoms with Crippen molar-refractivity contribution < 1.29 is 0 Å². The van der Waals surface area contributed by atoms with Gasteiger partial charge in [0, 0.05) is 6.04 Å². The van der Waals surface area contributed by atoms with E-state index in [0.717, 1.165) is 12.0 Å². The Morgan fingerprint density at radius 3 is 2.83 bits per heavy atom. The summed E-state index contributed by atoms with van der Waals surface area (Å²) in [5.41, 5.74) is 1.64. The standard InChI is InChI=1S/C11H21N/c1-4-7-12-11-6-5-10(8-11)9(2)3/h5,9,11-12H,4,6-8H2,1-3H3. The van der Waals surface area contributed by atoms with Gasteiger partial charge < -0.3 is 5.32 Å². The molecule has 1 aliphatic rings. The molecule has 12 heavy (non-hydrogen) atoms. The third-order valence-corrected chi connectivity index (χ3v) is 2.57. The summed E-state index contributed by atoms with van der Waals surface area (Å²) in [5, 5.41) is 3.56. The average molecular weight is 167 g/mol. The van der Waals surface area contributed by atoms with Gasteiger partial charge in [-0.1, -0.05) is 32.4 Å². The molecule has 0 spiro atoms. The molecule has 0 aromatic heterocycles. The normalized spacial score (nSPS) is 23.3. The average Bonchev–Trinajstić information content (AvgIpc) is 2.48. The van der Waals surface area contributed by atoms with Crippen LogP contribution in [0.1, 0.15) is 40.0 Å². The third-order valence-electron chi connectivity index (χ3n) is 2.57. The van der Waals surface area contributed by atoms with E-state index in [-0.39, 0.29) is 0 Å². The van der Waals surface area contributed by atoms with Crippen LogP contribution in [0, 0.1) is 5.92 Å². The lowest BCUT2D eigenvalue weighted by atomic mass is 10.0. The van der Waals surface area contributed by atoms with Gasteiger partial charge in [-0.3, -0.25) is 0 Å². The van der Waals surface area contributed by atoms with Crippen LogP contribution in [-0.4, -0.2) is 12.6 Å². The molecule has 0 aliphatic heterocycles. The highest BCUT2D eigenvalue weighted by atomic mass is 14.9. The zero-order chi connectivity index (χ0) is 8.97. The van der Waals surface area contributed by atoms with E-state index in [1.54, 1.807) is 5.57 Å². The van der Waals surface area contributed by atoms with E-state index in [4.69, 9.17) is 0 Å². The first-order valence-corrected chi connectivity index (χ1v) is 5.16. The zero-order valence-electron chi connectivity index (χ0n) is 8.56. The smallest absolute Gasteiger partial charge is 0.0139 e. The summed E-state index contributed by atoms with van der Waals surface area (Å²) in [6.45, 7) is 7.96. The lowest BCUT2D eigenvalue weighted by molar-refractivity contribution is 0.521. The van der Waals surface area contributed by atoms with Gasteiger partial charge in [0.05, 0.1) is 0 Å². The molecule has 0 bridgehead atoms. The molecule has 0 saturated heterocycles. The Morgan fingerprint density at radius 2 is 2.33 bits per heavy atom. The van der Waals surface area contributed by atoms with E-state index in [0.29, 0.717) is 0 Å². The maximum atomic E-state index is 3.56. The molecule has 1 aliphatic carbocycles. The molecule has 1 rings (SSSR count). The summed E-state index contributed by atoms with van der Waals surface area (Å²) in [6, 6.07) is 0.738. The van der Waals surface area contributed by atoms with E-state index in [1.807, 2.05) is 0 Å². The minimum Gasteiger partial charge on any atom is -0.313 e. The molecule has 1 unspecified atom stereocenters. The molecule has 1 atom stereocenters. The maximum Gasteiger partial charge on any atom is 0.0139 e. The van der Waals surface area contributed by atoms with E-state index in [9.17, 15) is 0 Å². The van der Waals surface area contributed by atoms with Crippen molar-refractivity contribution in [1.29, 1.82) is 0 Å². The van der Waals surface area contributed by atoms with Crippen LogP contribution < -0.4 is 5.32 Å². The first-order chi connectivity index (χ1) is 5.74. The third kappa shape index (κ3) is 2.63. The van der Waals surface area contributed by atoms with Gasteiger partial charge in [-0.25, -0.2) is 0 Å². The number of rotatable bonds is 4. The summed E-state index contributed by atoms with van der Waals surface area (Å²) in [5.74, 6) is 0.749. The van der Waals surface area contributed by atoms with Gasteiger partial charge in [0.2, 0.25) is 0 Å². The Kier molecular flexibility index (Phi) is 3.80. The lowest BCUT2D eigenvalue weighted by Gasteiger charge is -2.13. The monoisotopic (exact) mass is 167 g/mol. The topological polar surface area (TPSA) is 12.0 Å². The highest BCUT2D eigenvalue weighted by Crippen LogP contribution is 2.24. The van der Waals surface area contributed by atoms with Gasteiger partial charge in [0.1, 0.15) is 0 Å². The second-order valence-corrected chi connectivity index (χ2v) is 4.02. The fraction of sp³-hybridized carbons (Fsp3) is 0.818. The molecule has 0 aromatic rings. The minimum atomic E-state index is 0.738. The van der Waals surface area contributed by atoms with Crippen LogP contribution >= 0.6 is 0 Å². The fourth-order valence-electron chi connectivity index (χ4n) is 1.72. The molecular formula is C11H21N. The summed E-state index contributed by atoms with van der Waals surface area (Å²) in [4.78, 5) is 0. The molecule has 1 nitrogen and oxygen atoms in total. The molecular weight excluding hydrogens is 146 g/mol. The van der Waals surface area contributed by atoms with Crippen molar-refractivity contribution >= 4 is 0 Å². The van der Waals surface area contributed by atoms with Crippen LogP contribution in [0.4, 0.5) is 0 Å². The van der Waals surface area contributed by atoms with Crippen LogP contribution in [0.15, 0.2) is 11.6 Å². The van der Waals surface area contributed by atoms with Gasteiger partial charge in [-0.15, -0.1) is 0 Å². The quantitative estimate of drug-likeness (QED) is 0.635. The largest absolute Gasteiger partial charge is 0.313 e. The highest BCUT2D eigenvalue weighted by molar-refractivity contribution is 5.14. The number of hydrogen-bond donors (Lipinski definition) is 1. The second-order valence-electron chi connectivity index (χ2n) is 4.02. The van der Waals surface area contributed by atoms with Crippen molar-refractivity contribution in [1.82, 2.24) is 5.32 Å². The Hall–Kier alpha value is -0.300.